The van der Waals surface area contributed by atoms with Crippen LogP contribution in [0.5, 0.6) is 0 Å². The Kier molecular flexibility index (Phi) is 4.25. The number of rotatable bonds is 5. The van der Waals surface area contributed by atoms with E-state index in [-0.39, 0.29) is 17.9 Å². The average Bonchev–Trinajstić information content (AvgIpc) is 3.16. The van der Waals surface area contributed by atoms with Crippen LogP contribution in [0.4, 0.5) is 0 Å². The first-order chi connectivity index (χ1) is 10.9. The highest BCUT2D eigenvalue weighted by atomic mass is 32.1. The summed E-state index contributed by atoms with van der Waals surface area (Å²) < 4.78 is 5.12. The van der Waals surface area contributed by atoms with Gasteiger partial charge in [0.05, 0.1) is 6.04 Å². The number of carbonyl (C=O) groups is 1. The Bertz CT molecular complexity index is 683. The lowest BCUT2D eigenvalue weighted by Crippen LogP contribution is -2.49. The molecule has 0 unspecified atom stereocenters. The molecular formula is C16H21N3O3S. The van der Waals surface area contributed by atoms with Gasteiger partial charge < -0.3 is 9.63 Å². The van der Waals surface area contributed by atoms with Crippen molar-refractivity contribution in [1.82, 2.24) is 15.5 Å². The van der Waals surface area contributed by atoms with Crippen LogP contribution in [0.1, 0.15) is 55.2 Å². The third-order valence-corrected chi connectivity index (χ3v) is 5.25. The summed E-state index contributed by atoms with van der Waals surface area (Å²) in [5.74, 6) is 0.437. The number of aromatic nitrogens is 2. The van der Waals surface area contributed by atoms with Crippen LogP contribution in [0.25, 0.3) is 0 Å². The molecule has 3 rings (SSSR count). The second-order valence-electron chi connectivity index (χ2n) is 6.60. The van der Waals surface area contributed by atoms with Crippen molar-refractivity contribution in [2.75, 3.05) is 0 Å². The van der Waals surface area contributed by atoms with E-state index in [2.05, 4.69) is 15.5 Å². The summed E-state index contributed by atoms with van der Waals surface area (Å²) in [6, 6.07) is 3.89. The lowest BCUT2D eigenvalue weighted by molar-refractivity contribution is -0.145. The van der Waals surface area contributed by atoms with E-state index >= 15 is 0 Å². The molecule has 2 N–H and O–H groups in total. The van der Waals surface area contributed by atoms with Gasteiger partial charge in [-0.2, -0.15) is 4.98 Å². The number of hydrogen-bond acceptors (Lipinski definition) is 6. The van der Waals surface area contributed by atoms with Gasteiger partial charge in [0, 0.05) is 17.7 Å². The van der Waals surface area contributed by atoms with E-state index in [1.165, 1.54) is 0 Å². The molecule has 6 nitrogen and oxygen atoms in total. The Morgan fingerprint density at radius 1 is 1.61 bits per heavy atom. The molecule has 3 atom stereocenters. The van der Waals surface area contributed by atoms with Gasteiger partial charge in [0.25, 0.3) is 0 Å². The van der Waals surface area contributed by atoms with Crippen molar-refractivity contribution < 1.29 is 14.4 Å². The molecule has 2 aromatic rings. The first-order valence-electron chi connectivity index (χ1n) is 7.76. The van der Waals surface area contributed by atoms with Crippen molar-refractivity contribution in [2.45, 2.75) is 51.1 Å². The van der Waals surface area contributed by atoms with Crippen LogP contribution in [0, 0.1) is 12.8 Å². The van der Waals surface area contributed by atoms with E-state index in [1.807, 2.05) is 31.4 Å². The van der Waals surface area contributed by atoms with Gasteiger partial charge in [0.1, 0.15) is 5.54 Å². The zero-order chi connectivity index (χ0) is 16.6. The maximum Gasteiger partial charge on any atom is 0.323 e. The van der Waals surface area contributed by atoms with E-state index in [9.17, 15) is 9.90 Å². The standard InChI is InChI=1S/C16H21N3O3S/c1-9(2)7-16(15(20)21)8-11(14-17-10(3)22-19-14)13(18-16)12-5-4-6-23-12/h4-6,9,11,13,18H,7-8H2,1-3H3,(H,20,21)/t11-,13+,16-/m0/s1. The highest BCUT2D eigenvalue weighted by Gasteiger charge is 2.52. The van der Waals surface area contributed by atoms with Crippen molar-refractivity contribution in [2.24, 2.45) is 5.92 Å². The zero-order valence-corrected chi connectivity index (χ0v) is 14.3. The molecule has 0 amide bonds. The number of aryl methyl sites for hydroxylation is 1. The van der Waals surface area contributed by atoms with Gasteiger partial charge in [-0.05, 0) is 30.2 Å². The van der Waals surface area contributed by atoms with Gasteiger partial charge in [-0.15, -0.1) is 11.3 Å². The molecule has 0 aliphatic carbocycles. The van der Waals surface area contributed by atoms with Gasteiger partial charge in [0.15, 0.2) is 5.82 Å². The Labute approximate surface area is 138 Å². The molecule has 124 valence electrons. The van der Waals surface area contributed by atoms with Gasteiger partial charge in [0.2, 0.25) is 5.89 Å². The van der Waals surface area contributed by atoms with Crippen LogP contribution in [-0.4, -0.2) is 26.8 Å². The van der Waals surface area contributed by atoms with Crippen LogP contribution < -0.4 is 5.32 Å². The molecule has 0 aromatic carbocycles. The first-order valence-corrected chi connectivity index (χ1v) is 8.64. The quantitative estimate of drug-likeness (QED) is 0.873. The van der Waals surface area contributed by atoms with Gasteiger partial charge in [-0.25, -0.2) is 0 Å². The number of nitrogens with zero attached hydrogens (tertiary/aromatic N) is 2. The third kappa shape index (κ3) is 3.03. The Morgan fingerprint density at radius 3 is 2.91 bits per heavy atom. The maximum absolute atomic E-state index is 12.0. The van der Waals surface area contributed by atoms with Crippen molar-refractivity contribution >= 4 is 17.3 Å². The molecule has 1 fully saturated rings. The normalized spacial score (nSPS) is 27.7. The number of nitrogens with one attached hydrogen (secondary N) is 1. The lowest BCUT2D eigenvalue weighted by atomic mass is 9.84. The first kappa shape index (κ1) is 16.1. The number of hydrogen-bond donors (Lipinski definition) is 2. The minimum absolute atomic E-state index is 0.109. The molecule has 0 bridgehead atoms. The summed E-state index contributed by atoms with van der Waals surface area (Å²) >= 11 is 1.62. The Hall–Kier alpha value is -1.73. The fourth-order valence-corrected chi connectivity index (χ4v) is 4.31. The monoisotopic (exact) mass is 335 g/mol. The fraction of sp³-hybridized carbons (Fsp3) is 0.562. The average molecular weight is 335 g/mol. The van der Waals surface area contributed by atoms with Crippen molar-refractivity contribution in [3.05, 3.63) is 34.1 Å². The van der Waals surface area contributed by atoms with E-state index < -0.39 is 11.5 Å². The van der Waals surface area contributed by atoms with E-state index in [0.717, 1.165) is 4.88 Å². The second kappa shape index (κ2) is 6.05. The molecule has 1 saturated heterocycles. The van der Waals surface area contributed by atoms with Gasteiger partial charge in [-0.3, -0.25) is 10.1 Å². The summed E-state index contributed by atoms with van der Waals surface area (Å²) in [6.45, 7) is 5.83. The second-order valence-corrected chi connectivity index (χ2v) is 7.58. The molecule has 1 aliphatic rings. The maximum atomic E-state index is 12.0. The van der Waals surface area contributed by atoms with Gasteiger partial charge >= 0.3 is 5.97 Å². The molecular weight excluding hydrogens is 314 g/mol. The molecule has 0 spiro atoms. The topological polar surface area (TPSA) is 88.2 Å². The zero-order valence-electron chi connectivity index (χ0n) is 13.4. The summed E-state index contributed by atoms with van der Waals surface area (Å²) in [5, 5.41) is 19.3. The number of aliphatic carboxylic acids is 1. The lowest BCUT2D eigenvalue weighted by Gasteiger charge is -2.27. The molecule has 2 aromatic heterocycles. The molecule has 1 aliphatic heterocycles. The SMILES string of the molecule is Cc1nc([C@H]2C[C@@](CC(C)C)(C(=O)O)N[C@H]2c2cccs2)no1. The highest BCUT2D eigenvalue weighted by Crippen LogP contribution is 2.46. The molecule has 23 heavy (non-hydrogen) atoms. The van der Waals surface area contributed by atoms with E-state index in [0.29, 0.717) is 24.6 Å². The van der Waals surface area contributed by atoms with Crippen LogP contribution in [-0.2, 0) is 4.79 Å². The molecule has 0 saturated carbocycles. The summed E-state index contributed by atoms with van der Waals surface area (Å²) in [7, 11) is 0. The summed E-state index contributed by atoms with van der Waals surface area (Å²) in [4.78, 5) is 17.5. The largest absolute Gasteiger partial charge is 0.480 e. The molecule has 7 heteroatoms. The van der Waals surface area contributed by atoms with Crippen molar-refractivity contribution in [3.63, 3.8) is 0 Å². The fourth-order valence-electron chi connectivity index (χ4n) is 3.47. The van der Waals surface area contributed by atoms with E-state index in [4.69, 9.17) is 4.52 Å². The van der Waals surface area contributed by atoms with E-state index in [1.54, 1.807) is 18.3 Å². The Balaban J connectivity index is 2.00. The molecule has 0 radical (unpaired) electrons. The van der Waals surface area contributed by atoms with Crippen LogP contribution in [0.2, 0.25) is 0 Å². The van der Waals surface area contributed by atoms with Gasteiger partial charge in [-0.1, -0.05) is 25.1 Å². The number of thiophene rings is 1. The van der Waals surface area contributed by atoms with Crippen LogP contribution in [0.3, 0.4) is 0 Å². The number of carboxylic acids is 1. The Morgan fingerprint density at radius 2 is 2.39 bits per heavy atom. The summed E-state index contributed by atoms with van der Waals surface area (Å²) in [5.41, 5.74) is -0.956. The summed E-state index contributed by atoms with van der Waals surface area (Å²) in [6.07, 6.45) is 1.03. The molecule has 3 heterocycles. The van der Waals surface area contributed by atoms with Crippen molar-refractivity contribution in [3.8, 4) is 0 Å². The number of carboxylic acid groups (broad SMARTS) is 1. The highest BCUT2D eigenvalue weighted by molar-refractivity contribution is 7.10. The minimum atomic E-state index is -0.956. The van der Waals surface area contributed by atoms with Crippen LogP contribution >= 0.6 is 11.3 Å². The predicted molar refractivity (Wildman–Crippen MR) is 86.4 cm³/mol. The minimum Gasteiger partial charge on any atom is -0.480 e. The third-order valence-electron chi connectivity index (χ3n) is 4.29. The van der Waals surface area contributed by atoms with Crippen LogP contribution in [0.15, 0.2) is 22.0 Å². The van der Waals surface area contributed by atoms with Crippen molar-refractivity contribution in [1.29, 1.82) is 0 Å². The smallest absolute Gasteiger partial charge is 0.323 e. The predicted octanol–water partition coefficient (Wildman–Crippen LogP) is 3.13.